The van der Waals surface area contributed by atoms with Crippen LogP contribution in [0, 0.1) is 6.92 Å². The summed E-state index contributed by atoms with van der Waals surface area (Å²) in [7, 11) is 1.89. The Morgan fingerprint density at radius 2 is 2.13 bits per heavy atom. The first kappa shape index (κ1) is 19.1. The first-order valence-electron chi connectivity index (χ1n) is 10.1. The molecule has 1 saturated heterocycles. The van der Waals surface area contributed by atoms with Crippen molar-refractivity contribution in [1.29, 1.82) is 0 Å². The summed E-state index contributed by atoms with van der Waals surface area (Å²) in [6.45, 7) is 4.67. The Labute approximate surface area is 180 Å². The van der Waals surface area contributed by atoms with E-state index < -0.39 is 0 Å². The molecule has 30 heavy (non-hydrogen) atoms. The lowest BCUT2D eigenvalue weighted by atomic mass is 9.97. The standard InChI is InChI=1S/C23H23ClN4O2/c1-13-6-18-12-28(13)23(29)19-8-16(14(2)21(24)22(19)30-18)7-15-4-5-20(25-9-15)17-10-26-27(3)11-17/h4-5,8-11,13,18H,6-7,12H2,1-3H3/t13-,18?/m0/s1. The lowest BCUT2D eigenvalue weighted by Crippen LogP contribution is -2.33. The molecule has 1 fully saturated rings. The molecule has 2 aliphatic heterocycles. The van der Waals surface area contributed by atoms with E-state index >= 15 is 0 Å². The van der Waals surface area contributed by atoms with E-state index in [1.54, 1.807) is 10.9 Å². The molecule has 0 radical (unpaired) electrons. The van der Waals surface area contributed by atoms with E-state index in [1.807, 2.05) is 43.4 Å². The number of rotatable bonds is 3. The average Bonchev–Trinajstić information content (AvgIpc) is 3.29. The van der Waals surface area contributed by atoms with Gasteiger partial charge in [0.15, 0.2) is 5.75 Å². The van der Waals surface area contributed by atoms with E-state index in [-0.39, 0.29) is 18.1 Å². The smallest absolute Gasteiger partial charge is 0.258 e. The van der Waals surface area contributed by atoms with Gasteiger partial charge in [-0.05, 0) is 49.1 Å². The number of pyridine rings is 1. The number of aromatic nitrogens is 3. The van der Waals surface area contributed by atoms with Crippen LogP contribution in [0.3, 0.4) is 0 Å². The molecule has 2 aromatic heterocycles. The van der Waals surface area contributed by atoms with Gasteiger partial charge < -0.3 is 9.64 Å². The first-order valence-corrected chi connectivity index (χ1v) is 10.5. The minimum Gasteiger partial charge on any atom is -0.486 e. The Hall–Kier alpha value is -2.86. The van der Waals surface area contributed by atoms with Gasteiger partial charge in [0, 0.05) is 37.5 Å². The lowest BCUT2D eigenvalue weighted by molar-refractivity contribution is 0.0748. The fourth-order valence-electron chi connectivity index (χ4n) is 4.38. The second kappa shape index (κ2) is 7.13. The predicted octanol–water partition coefficient (Wildman–Crippen LogP) is 4.03. The number of amides is 1. The van der Waals surface area contributed by atoms with Crippen molar-refractivity contribution in [2.45, 2.75) is 38.8 Å². The highest BCUT2D eigenvalue weighted by Gasteiger charge is 2.40. The summed E-state index contributed by atoms with van der Waals surface area (Å²) in [5.41, 5.74) is 5.44. The van der Waals surface area contributed by atoms with Gasteiger partial charge in [-0.3, -0.25) is 14.5 Å². The van der Waals surface area contributed by atoms with Crippen LogP contribution in [0.25, 0.3) is 11.3 Å². The Bertz CT molecular complexity index is 1140. The van der Waals surface area contributed by atoms with E-state index in [2.05, 4.69) is 23.1 Å². The Morgan fingerprint density at radius 1 is 1.30 bits per heavy atom. The van der Waals surface area contributed by atoms with Gasteiger partial charge in [0.05, 0.1) is 29.0 Å². The maximum Gasteiger partial charge on any atom is 0.258 e. The van der Waals surface area contributed by atoms with Crippen LogP contribution in [0.5, 0.6) is 5.75 Å². The number of carbonyl (C=O) groups excluding carboxylic acids is 1. The quantitative estimate of drug-likeness (QED) is 0.639. The second-order valence-corrected chi connectivity index (χ2v) is 8.64. The number of nitrogens with zero attached hydrogens (tertiary/aromatic N) is 4. The van der Waals surface area contributed by atoms with Crippen molar-refractivity contribution in [2.75, 3.05) is 6.54 Å². The molecule has 1 amide bonds. The number of hydrogen-bond donors (Lipinski definition) is 0. The number of ether oxygens (including phenoxy) is 1. The molecule has 5 rings (SSSR count). The Kier molecular flexibility index (Phi) is 4.54. The second-order valence-electron chi connectivity index (χ2n) is 8.26. The summed E-state index contributed by atoms with van der Waals surface area (Å²) in [5, 5.41) is 4.73. The van der Waals surface area contributed by atoms with Gasteiger partial charge in [0.25, 0.3) is 5.91 Å². The van der Waals surface area contributed by atoms with Gasteiger partial charge >= 0.3 is 0 Å². The van der Waals surface area contributed by atoms with Crippen LogP contribution in [-0.4, -0.2) is 44.3 Å². The highest BCUT2D eigenvalue weighted by Crippen LogP contribution is 2.40. The van der Waals surface area contributed by atoms with Gasteiger partial charge in [-0.15, -0.1) is 0 Å². The Morgan fingerprint density at radius 3 is 2.83 bits per heavy atom. The van der Waals surface area contributed by atoms with E-state index in [4.69, 9.17) is 16.3 Å². The average molecular weight is 423 g/mol. The lowest BCUT2D eigenvalue weighted by Gasteiger charge is -2.23. The number of fused-ring (bicyclic) bond motifs is 3. The van der Waals surface area contributed by atoms with Crippen molar-refractivity contribution in [3.8, 4) is 17.0 Å². The third kappa shape index (κ3) is 3.16. The zero-order valence-electron chi connectivity index (χ0n) is 17.2. The number of aryl methyl sites for hydroxylation is 1. The molecule has 154 valence electrons. The monoisotopic (exact) mass is 422 g/mol. The molecule has 0 saturated carbocycles. The minimum absolute atomic E-state index is 0.00528. The summed E-state index contributed by atoms with van der Waals surface area (Å²) in [4.78, 5) is 19.6. The fourth-order valence-corrected chi connectivity index (χ4v) is 4.65. The molecule has 0 spiro atoms. The predicted molar refractivity (Wildman–Crippen MR) is 115 cm³/mol. The molecular weight excluding hydrogens is 400 g/mol. The molecule has 4 heterocycles. The molecule has 6 nitrogen and oxygen atoms in total. The maximum absolute atomic E-state index is 13.1. The normalized spacial score (nSPS) is 20.1. The van der Waals surface area contributed by atoms with Crippen LogP contribution in [0.2, 0.25) is 5.02 Å². The molecule has 0 aliphatic carbocycles. The van der Waals surface area contributed by atoms with Crippen LogP contribution < -0.4 is 4.74 Å². The zero-order chi connectivity index (χ0) is 21.0. The molecule has 0 N–H and O–H groups in total. The maximum atomic E-state index is 13.1. The molecule has 3 aromatic rings. The topological polar surface area (TPSA) is 60.2 Å². The highest BCUT2D eigenvalue weighted by atomic mass is 35.5. The molecular formula is C23H23ClN4O2. The van der Waals surface area contributed by atoms with Crippen molar-refractivity contribution in [3.05, 3.63) is 64.1 Å². The zero-order valence-corrected chi connectivity index (χ0v) is 18.0. The molecule has 1 unspecified atom stereocenters. The van der Waals surface area contributed by atoms with Crippen molar-refractivity contribution >= 4 is 17.5 Å². The van der Waals surface area contributed by atoms with Gasteiger partial charge in [0.1, 0.15) is 6.10 Å². The van der Waals surface area contributed by atoms with Crippen molar-refractivity contribution in [3.63, 3.8) is 0 Å². The Balaban J connectivity index is 1.47. The van der Waals surface area contributed by atoms with Gasteiger partial charge in [-0.2, -0.15) is 5.10 Å². The SMILES string of the molecule is Cc1c(Cc2ccc(-c3cnn(C)c3)nc2)cc2c(c1Cl)OC1C[C@H](C)N(C1)C2=O. The summed E-state index contributed by atoms with van der Waals surface area (Å²) in [6.07, 6.45) is 7.11. The first-order chi connectivity index (χ1) is 14.4. The van der Waals surface area contributed by atoms with Gasteiger partial charge in [-0.1, -0.05) is 17.7 Å². The van der Waals surface area contributed by atoms with E-state index in [0.717, 1.165) is 34.4 Å². The summed E-state index contributed by atoms with van der Waals surface area (Å²) in [6, 6.07) is 6.18. The number of halogens is 1. The third-order valence-corrected chi connectivity index (χ3v) is 6.56. The van der Waals surface area contributed by atoms with Crippen molar-refractivity contribution in [2.24, 2.45) is 7.05 Å². The minimum atomic E-state index is 0.00528. The summed E-state index contributed by atoms with van der Waals surface area (Å²) >= 11 is 6.68. The molecule has 7 heteroatoms. The van der Waals surface area contributed by atoms with Crippen LogP contribution in [0.4, 0.5) is 0 Å². The van der Waals surface area contributed by atoms with Crippen LogP contribution in [0.1, 0.15) is 40.4 Å². The van der Waals surface area contributed by atoms with E-state index in [1.165, 1.54) is 0 Å². The summed E-state index contributed by atoms with van der Waals surface area (Å²) in [5.74, 6) is 0.540. The van der Waals surface area contributed by atoms with Crippen LogP contribution in [0.15, 0.2) is 36.8 Å². The third-order valence-electron chi connectivity index (χ3n) is 6.11. The van der Waals surface area contributed by atoms with E-state index in [9.17, 15) is 4.79 Å². The molecule has 1 aromatic carbocycles. The largest absolute Gasteiger partial charge is 0.486 e. The molecule has 2 bridgehead atoms. The highest BCUT2D eigenvalue weighted by molar-refractivity contribution is 6.33. The van der Waals surface area contributed by atoms with Crippen LogP contribution in [-0.2, 0) is 13.5 Å². The fraction of sp³-hybridized carbons (Fsp3) is 0.348. The molecule has 2 aliphatic rings. The van der Waals surface area contributed by atoms with Crippen LogP contribution >= 0.6 is 11.6 Å². The van der Waals surface area contributed by atoms with E-state index in [0.29, 0.717) is 29.3 Å². The number of benzene rings is 1. The summed E-state index contributed by atoms with van der Waals surface area (Å²) < 4.78 is 7.92. The van der Waals surface area contributed by atoms with Crippen molar-refractivity contribution < 1.29 is 9.53 Å². The van der Waals surface area contributed by atoms with Gasteiger partial charge in [-0.25, -0.2) is 0 Å². The number of hydrogen-bond acceptors (Lipinski definition) is 4. The number of carbonyl (C=O) groups is 1. The van der Waals surface area contributed by atoms with Gasteiger partial charge in [0.2, 0.25) is 0 Å². The molecule has 2 atom stereocenters. The van der Waals surface area contributed by atoms with Crippen molar-refractivity contribution in [1.82, 2.24) is 19.7 Å².